The number of unbranched alkanes of at least 4 members (excludes halogenated alkanes) is 2. The second kappa shape index (κ2) is 8.97. The summed E-state index contributed by atoms with van der Waals surface area (Å²) < 4.78 is 0. The van der Waals surface area contributed by atoms with E-state index in [1.165, 1.54) is 0 Å². The fourth-order valence-electron chi connectivity index (χ4n) is 2.04. The highest BCUT2D eigenvalue weighted by atomic mass is 16.3. The highest BCUT2D eigenvalue weighted by Gasteiger charge is 2.24. The lowest BCUT2D eigenvalue weighted by molar-refractivity contribution is -0.132. The van der Waals surface area contributed by atoms with Crippen molar-refractivity contribution in [3.8, 4) is 0 Å². The van der Waals surface area contributed by atoms with Crippen LogP contribution in [0, 0.1) is 0 Å². The van der Waals surface area contributed by atoms with Crippen molar-refractivity contribution >= 4 is 11.9 Å². The Labute approximate surface area is 124 Å². The van der Waals surface area contributed by atoms with Crippen LogP contribution in [-0.2, 0) is 4.79 Å². The molecule has 6 heteroatoms. The van der Waals surface area contributed by atoms with Crippen LogP contribution in [-0.4, -0.2) is 42.1 Å². The summed E-state index contributed by atoms with van der Waals surface area (Å²) >= 11 is 0. The summed E-state index contributed by atoms with van der Waals surface area (Å²) in [6.45, 7) is 0.732. The Kier molecular flexibility index (Phi) is 7.25. The van der Waals surface area contributed by atoms with Crippen molar-refractivity contribution in [2.24, 2.45) is 5.73 Å². The lowest BCUT2D eigenvalue weighted by Gasteiger charge is -2.24. The van der Waals surface area contributed by atoms with Gasteiger partial charge in [-0.25, -0.2) is 4.79 Å². The van der Waals surface area contributed by atoms with E-state index in [-0.39, 0.29) is 12.5 Å². The lowest BCUT2D eigenvalue weighted by atomic mass is 10.1. The molecule has 0 aromatic heterocycles. The number of primary amides is 1. The van der Waals surface area contributed by atoms with Crippen molar-refractivity contribution in [1.82, 2.24) is 10.2 Å². The number of likely N-dealkylation sites (N-methyl/N-ethyl adjacent to an activating group) is 1. The first-order chi connectivity index (χ1) is 10.1. The summed E-state index contributed by atoms with van der Waals surface area (Å²) in [4.78, 5) is 25.1. The van der Waals surface area contributed by atoms with Gasteiger partial charge in [0.25, 0.3) is 0 Å². The van der Waals surface area contributed by atoms with E-state index in [1.54, 1.807) is 36.2 Å². The molecule has 0 radical (unpaired) electrons. The second-order valence-corrected chi connectivity index (χ2v) is 4.90. The van der Waals surface area contributed by atoms with Crippen LogP contribution in [0.15, 0.2) is 30.3 Å². The number of hydrogen-bond donors (Lipinski definition) is 3. The molecule has 6 nitrogen and oxygen atoms in total. The molecule has 3 amide bonds. The fraction of sp³-hybridized carbons (Fsp3) is 0.467. The van der Waals surface area contributed by atoms with E-state index in [0.29, 0.717) is 12.1 Å². The number of benzene rings is 1. The van der Waals surface area contributed by atoms with Crippen molar-refractivity contribution < 1.29 is 14.7 Å². The Morgan fingerprint density at radius 1 is 1.24 bits per heavy atom. The normalized spacial score (nSPS) is 11.7. The molecule has 0 heterocycles. The molecule has 1 aromatic rings. The number of aliphatic hydroxyl groups is 1. The minimum atomic E-state index is -0.772. The number of nitrogens with zero attached hydrogens (tertiary/aromatic N) is 1. The molecule has 1 atom stereocenters. The molecule has 0 bridgehead atoms. The third kappa shape index (κ3) is 5.83. The number of amides is 3. The monoisotopic (exact) mass is 293 g/mol. The average molecular weight is 293 g/mol. The quantitative estimate of drug-likeness (QED) is 0.624. The third-order valence-electron chi connectivity index (χ3n) is 3.19. The van der Waals surface area contributed by atoms with E-state index < -0.39 is 12.1 Å². The van der Waals surface area contributed by atoms with Crippen molar-refractivity contribution in [2.45, 2.75) is 25.3 Å². The van der Waals surface area contributed by atoms with Gasteiger partial charge in [-0.3, -0.25) is 4.79 Å². The maximum atomic E-state index is 12.4. The van der Waals surface area contributed by atoms with Crippen LogP contribution < -0.4 is 11.1 Å². The molecule has 0 aliphatic rings. The van der Waals surface area contributed by atoms with Gasteiger partial charge in [-0.05, 0) is 24.8 Å². The Bertz CT molecular complexity index is 451. The molecule has 0 aliphatic carbocycles. The van der Waals surface area contributed by atoms with Crippen LogP contribution in [0.1, 0.15) is 30.9 Å². The van der Waals surface area contributed by atoms with E-state index in [4.69, 9.17) is 10.8 Å². The number of urea groups is 1. The van der Waals surface area contributed by atoms with E-state index >= 15 is 0 Å². The van der Waals surface area contributed by atoms with Gasteiger partial charge in [0.2, 0.25) is 5.91 Å². The maximum Gasteiger partial charge on any atom is 0.313 e. The molecule has 0 aliphatic heterocycles. The summed E-state index contributed by atoms with van der Waals surface area (Å²) in [6.07, 6.45) is 2.39. The zero-order valence-electron chi connectivity index (χ0n) is 12.3. The smallest absolute Gasteiger partial charge is 0.313 e. The summed E-state index contributed by atoms with van der Waals surface area (Å²) in [5, 5.41) is 11.2. The maximum absolute atomic E-state index is 12.4. The molecule has 1 rings (SSSR count). The Balaban J connectivity index is 2.69. The third-order valence-corrected chi connectivity index (χ3v) is 3.19. The summed E-state index contributed by atoms with van der Waals surface area (Å²) in [7, 11) is 1.69. The minimum Gasteiger partial charge on any atom is -0.396 e. The predicted molar refractivity (Wildman–Crippen MR) is 80.5 cm³/mol. The highest BCUT2D eigenvalue weighted by molar-refractivity contribution is 5.87. The van der Waals surface area contributed by atoms with Gasteiger partial charge in [0.1, 0.15) is 6.04 Å². The number of carbonyl (C=O) groups is 2. The number of nitrogens with one attached hydrogen (secondary N) is 1. The topological polar surface area (TPSA) is 95.7 Å². The van der Waals surface area contributed by atoms with Crippen molar-refractivity contribution in [3.05, 3.63) is 35.9 Å². The minimum absolute atomic E-state index is 0.160. The van der Waals surface area contributed by atoms with Gasteiger partial charge in [0, 0.05) is 20.2 Å². The van der Waals surface area contributed by atoms with Crippen molar-refractivity contribution in [3.63, 3.8) is 0 Å². The molecule has 0 saturated heterocycles. The van der Waals surface area contributed by atoms with E-state index in [1.807, 2.05) is 6.07 Å². The van der Waals surface area contributed by atoms with Crippen molar-refractivity contribution in [1.29, 1.82) is 0 Å². The summed E-state index contributed by atoms with van der Waals surface area (Å²) in [6, 6.07) is 7.50. The zero-order chi connectivity index (χ0) is 15.7. The molecule has 1 aromatic carbocycles. The molecule has 4 N–H and O–H groups in total. The SMILES string of the molecule is CN(CCCCCO)C(=O)C(NC(N)=O)c1ccccc1. The molecule has 0 fully saturated rings. The Morgan fingerprint density at radius 2 is 1.90 bits per heavy atom. The molecular weight excluding hydrogens is 270 g/mol. The predicted octanol–water partition coefficient (Wildman–Crippen LogP) is 1.02. The number of carbonyl (C=O) groups excluding carboxylic acids is 2. The molecule has 0 saturated carbocycles. The van der Waals surface area contributed by atoms with Crippen LogP contribution in [0.25, 0.3) is 0 Å². The van der Waals surface area contributed by atoms with Crippen LogP contribution >= 0.6 is 0 Å². The first-order valence-corrected chi connectivity index (χ1v) is 7.03. The van der Waals surface area contributed by atoms with E-state index in [0.717, 1.165) is 19.3 Å². The van der Waals surface area contributed by atoms with Crippen LogP contribution in [0.2, 0.25) is 0 Å². The van der Waals surface area contributed by atoms with Gasteiger partial charge >= 0.3 is 6.03 Å². The molecule has 116 valence electrons. The second-order valence-electron chi connectivity index (χ2n) is 4.90. The molecule has 21 heavy (non-hydrogen) atoms. The molecule has 0 spiro atoms. The Morgan fingerprint density at radius 3 is 2.48 bits per heavy atom. The van der Waals surface area contributed by atoms with Gasteiger partial charge in [-0.2, -0.15) is 0 Å². The van der Waals surface area contributed by atoms with E-state index in [9.17, 15) is 9.59 Å². The van der Waals surface area contributed by atoms with Crippen molar-refractivity contribution in [2.75, 3.05) is 20.2 Å². The van der Waals surface area contributed by atoms with E-state index in [2.05, 4.69) is 5.32 Å². The number of hydrogen-bond acceptors (Lipinski definition) is 3. The summed E-state index contributed by atoms with van der Waals surface area (Å²) in [5.41, 5.74) is 5.86. The molecule has 1 unspecified atom stereocenters. The fourth-order valence-corrected chi connectivity index (χ4v) is 2.04. The first kappa shape index (κ1) is 17.0. The summed E-state index contributed by atoms with van der Waals surface area (Å²) in [5.74, 6) is -0.205. The van der Waals surface area contributed by atoms with Gasteiger partial charge < -0.3 is 21.1 Å². The molecular formula is C15H23N3O3. The van der Waals surface area contributed by atoms with Gasteiger partial charge in [-0.1, -0.05) is 30.3 Å². The van der Waals surface area contributed by atoms with Gasteiger partial charge in [0.05, 0.1) is 0 Å². The first-order valence-electron chi connectivity index (χ1n) is 7.03. The number of nitrogens with two attached hydrogens (primary N) is 1. The van der Waals surface area contributed by atoms with Gasteiger partial charge in [0.15, 0.2) is 0 Å². The standard InChI is InChI=1S/C15H23N3O3/c1-18(10-6-3-7-11-19)14(20)13(17-15(16)21)12-8-4-2-5-9-12/h2,4-5,8-9,13,19H,3,6-7,10-11H2,1H3,(H3,16,17,21). The lowest BCUT2D eigenvalue weighted by Crippen LogP contribution is -2.43. The average Bonchev–Trinajstić information content (AvgIpc) is 2.49. The van der Waals surface area contributed by atoms with Crippen LogP contribution in [0.3, 0.4) is 0 Å². The number of aliphatic hydroxyl groups excluding tert-OH is 1. The van der Waals surface area contributed by atoms with Crippen LogP contribution in [0.5, 0.6) is 0 Å². The van der Waals surface area contributed by atoms with Gasteiger partial charge in [-0.15, -0.1) is 0 Å². The Hall–Kier alpha value is -2.08. The van der Waals surface area contributed by atoms with Crippen LogP contribution in [0.4, 0.5) is 4.79 Å². The zero-order valence-corrected chi connectivity index (χ0v) is 12.3. The highest BCUT2D eigenvalue weighted by Crippen LogP contribution is 2.15. The largest absolute Gasteiger partial charge is 0.396 e. The number of rotatable bonds is 8.